The van der Waals surface area contributed by atoms with Crippen LogP contribution in [0.25, 0.3) is 16.2 Å². The second-order valence-corrected chi connectivity index (χ2v) is 10.9. The highest BCUT2D eigenvalue weighted by Gasteiger charge is 2.29. The van der Waals surface area contributed by atoms with Crippen LogP contribution in [0.15, 0.2) is 23.8 Å². The minimum atomic E-state index is -2.55. The van der Waals surface area contributed by atoms with Gasteiger partial charge in [-0.05, 0) is 50.9 Å². The third-order valence-corrected chi connectivity index (χ3v) is 8.09. The molecular formula is C22H29N7O3S2. The Morgan fingerprint density at radius 3 is 2.76 bits per heavy atom. The molecule has 2 N–H and O–H groups in total. The van der Waals surface area contributed by atoms with Crippen LogP contribution in [0.1, 0.15) is 49.5 Å². The Morgan fingerprint density at radius 2 is 2.03 bits per heavy atom. The molecule has 1 atom stereocenters. The van der Waals surface area contributed by atoms with Gasteiger partial charge in [0.15, 0.2) is 5.82 Å². The zero-order valence-electron chi connectivity index (χ0n) is 19.0. The van der Waals surface area contributed by atoms with Gasteiger partial charge in [-0.1, -0.05) is 0 Å². The second-order valence-electron chi connectivity index (χ2n) is 9.13. The van der Waals surface area contributed by atoms with Gasteiger partial charge in [0.1, 0.15) is 16.3 Å². The molecule has 1 amide bonds. The molecule has 3 aromatic heterocycles. The Balaban J connectivity index is 1.35. The van der Waals surface area contributed by atoms with E-state index in [1.807, 2.05) is 16.5 Å². The number of fused-ring (bicyclic) bond motifs is 1. The van der Waals surface area contributed by atoms with Crippen molar-refractivity contribution in [1.82, 2.24) is 29.2 Å². The summed E-state index contributed by atoms with van der Waals surface area (Å²) in [6.45, 7) is 3.87. The molecule has 5 rings (SSSR count). The Morgan fingerprint density at radius 1 is 1.24 bits per heavy atom. The number of thiazole rings is 1. The summed E-state index contributed by atoms with van der Waals surface area (Å²) in [5.74, 6) is 2.12. The van der Waals surface area contributed by atoms with Gasteiger partial charge in [0.2, 0.25) is 10.9 Å². The van der Waals surface area contributed by atoms with E-state index in [1.165, 1.54) is 12.8 Å². The molecular weight excluding hydrogens is 474 g/mol. The van der Waals surface area contributed by atoms with Crippen LogP contribution in [0.4, 0.5) is 5.82 Å². The number of carbonyl (C=O) groups is 1. The first-order valence-corrected chi connectivity index (χ1v) is 13.8. The fourth-order valence-electron chi connectivity index (χ4n) is 4.53. The lowest BCUT2D eigenvalue weighted by molar-refractivity contribution is 0.0681. The third kappa shape index (κ3) is 5.23. The fourth-order valence-corrected chi connectivity index (χ4v) is 5.63. The van der Waals surface area contributed by atoms with Crippen LogP contribution >= 0.6 is 11.3 Å². The van der Waals surface area contributed by atoms with Crippen LogP contribution < -0.4 is 10.0 Å². The van der Waals surface area contributed by atoms with E-state index in [4.69, 9.17) is 4.98 Å². The van der Waals surface area contributed by atoms with Gasteiger partial charge in [-0.2, -0.15) is 5.10 Å². The predicted octanol–water partition coefficient (Wildman–Crippen LogP) is 2.42. The Bertz CT molecular complexity index is 1230. The monoisotopic (exact) mass is 503 g/mol. The number of hydrogen-bond acceptors (Lipinski definition) is 8. The van der Waals surface area contributed by atoms with Crippen LogP contribution in [0.3, 0.4) is 0 Å². The summed E-state index contributed by atoms with van der Waals surface area (Å²) >= 11 is 1.56. The average molecular weight is 504 g/mol. The van der Waals surface area contributed by atoms with E-state index in [-0.39, 0.29) is 11.9 Å². The number of nitrogens with zero attached hydrogens (tertiary/aromatic N) is 5. The summed E-state index contributed by atoms with van der Waals surface area (Å²) in [5, 5.41) is 9.83. The van der Waals surface area contributed by atoms with Gasteiger partial charge in [-0.3, -0.25) is 4.79 Å². The normalized spacial score (nSPS) is 18.0. The Hall–Kier alpha value is -2.57. The molecule has 12 heteroatoms. The highest BCUT2D eigenvalue weighted by atomic mass is 32.2. The molecule has 0 bridgehead atoms. The number of rotatable bonds is 9. The number of hydrogen-bond donors (Lipinski definition) is 3. The molecule has 0 aromatic carbocycles. The molecule has 0 radical (unpaired) electrons. The van der Waals surface area contributed by atoms with Gasteiger partial charge in [0.25, 0.3) is 5.91 Å². The molecule has 1 saturated carbocycles. The number of carbonyl (C=O) groups excluding carboxylic acids is 1. The van der Waals surface area contributed by atoms with Crippen molar-refractivity contribution in [1.29, 1.82) is 0 Å². The second kappa shape index (κ2) is 9.96. The van der Waals surface area contributed by atoms with E-state index in [1.54, 1.807) is 28.1 Å². The number of aromatic nitrogens is 4. The summed E-state index contributed by atoms with van der Waals surface area (Å²) in [4.78, 5) is 25.6. The van der Waals surface area contributed by atoms with E-state index in [9.17, 15) is 13.2 Å². The minimum Gasteiger partial charge on any atom is -0.367 e. The number of thiol groups is 1. The first kappa shape index (κ1) is 23.2. The van der Waals surface area contributed by atoms with Crippen LogP contribution in [0.5, 0.6) is 0 Å². The molecule has 1 aliphatic heterocycles. The van der Waals surface area contributed by atoms with Gasteiger partial charge in [0, 0.05) is 43.3 Å². The maximum absolute atomic E-state index is 13.4. The average Bonchev–Trinajstić information content (AvgIpc) is 3.45. The largest absolute Gasteiger partial charge is 0.367 e. The molecule has 2 aliphatic rings. The smallest absolute Gasteiger partial charge is 0.272 e. The van der Waals surface area contributed by atoms with Crippen molar-refractivity contribution in [3.05, 3.63) is 29.5 Å². The number of amides is 1. The molecule has 3 aromatic rings. The van der Waals surface area contributed by atoms with Crippen molar-refractivity contribution in [3.63, 3.8) is 0 Å². The molecule has 182 valence electrons. The molecule has 0 spiro atoms. The molecule has 1 saturated heterocycles. The maximum atomic E-state index is 13.4. The lowest BCUT2D eigenvalue weighted by atomic mass is 9.93. The highest BCUT2D eigenvalue weighted by molar-refractivity contribution is 7.70. The lowest BCUT2D eigenvalue weighted by Crippen LogP contribution is -2.39. The van der Waals surface area contributed by atoms with E-state index in [0.29, 0.717) is 48.8 Å². The highest BCUT2D eigenvalue weighted by Crippen LogP contribution is 2.34. The molecule has 4 heterocycles. The van der Waals surface area contributed by atoms with E-state index < -0.39 is 10.9 Å². The first-order chi connectivity index (χ1) is 16.5. The third-order valence-electron chi connectivity index (χ3n) is 6.72. The molecule has 0 unspecified atom stereocenters. The zero-order chi connectivity index (χ0) is 23.7. The van der Waals surface area contributed by atoms with Crippen LogP contribution in [0.2, 0.25) is 0 Å². The summed E-state index contributed by atoms with van der Waals surface area (Å²) < 4.78 is 25.6. The molecule has 10 nitrogen and oxygen atoms in total. The van der Waals surface area contributed by atoms with E-state index >= 15 is 0 Å². The van der Waals surface area contributed by atoms with Gasteiger partial charge in [-0.15, -0.1) is 11.3 Å². The van der Waals surface area contributed by atoms with Gasteiger partial charge in [0.05, 0.1) is 11.8 Å². The summed E-state index contributed by atoms with van der Waals surface area (Å²) in [6.07, 6.45) is 8.56. The summed E-state index contributed by atoms with van der Waals surface area (Å²) in [6, 6.07) is 2.05. The Labute approximate surface area is 203 Å². The fraction of sp³-hybridized carbons (Fsp3) is 0.545. The number of piperidine rings is 1. The van der Waals surface area contributed by atoms with Crippen molar-refractivity contribution in [2.45, 2.75) is 45.1 Å². The lowest BCUT2D eigenvalue weighted by Gasteiger charge is -2.32. The minimum absolute atomic E-state index is 0.0976. The number of anilines is 1. The topological polar surface area (TPSA) is 122 Å². The quantitative estimate of drug-likeness (QED) is 0.383. The van der Waals surface area contributed by atoms with Crippen LogP contribution in [0, 0.1) is 11.8 Å². The first-order valence-electron chi connectivity index (χ1n) is 11.7. The summed E-state index contributed by atoms with van der Waals surface area (Å²) in [7, 11) is -2.55. The standard InChI is InChI=1S/C22H29N7O3S2/c1-14(16-2-3-16)25-19-12-18(26-20(27-19)17-13-23-29-10-11-33-22(17)29)21(30)28-8-5-15(6-9-28)4-7-24-34(31)32/h10-16,34H,2-9H2,1H3,(H,24,31,32)(H,25,26,27)/t14-/m0/s1. The predicted molar refractivity (Wildman–Crippen MR) is 131 cm³/mol. The van der Waals surface area contributed by atoms with Gasteiger partial charge >= 0.3 is 0 Å². The van der Waals surface area contributed by atoms with Gasteiger partial charge < -0.3 is 10.2 Å². The van der Waals surface area contributed by atoms with Crippen molar-refractivity contribution >= 4 is 38.8 Å². The maximum Gasteiger partial charge on any atom is 0.272 e. The van der Waals surface area contributed by atoms with E-state index in [0.717, 1.165) is 29.7 Å². The van der Waals surface area contributed by atoms with Crippen molar-refractivity contribution < 1.29 is 13.2 Å². The Kier molecular flexibility index (Phi) is 6.79. The van der Waals surface area contributed by atoms with Gasteiger partial charge in [-0.25, -0.2) is 27.6 Å². The van der Waals surface area contributed by atoms with Crippen molar-refractivity contribution in [2.24, 2.45) is 11.8 Å². The number of likely N-dealkylation sites (tertiary alicyclic amines) is 1. The summed E-state index contributed by atoms with van der Waals surface area (Å²) in [5.41, 5.74) is 1.20. The molecule has 2 fully saturated rings. The molecule has 34 heavy (non-hydrogen) atoms. The molecule has 1 aliphatic carbocycles. The van der Waals surface area contributed by atoms with E-state index in [2.05, 4.69) is 27.0 Å². The number of nitrogens with one attached hydrogen (secondary N) is 2. The van der Waals surface area contributed by atoms with Crippen molar-refractivity contribution in [3.8, 4) is 11.4 Å². The van der Waals surface area contributed by atoms with Crippen LogP contribution in [-0.2, 0) is 10.9 Å². The zero-order valence-corrected chi connectivity index (χ0v) is 20.7. The SMILES string of the molecule is C[C@H](Nc1cc(C(=O)N2CCC(CCN[SH](=O)=O)CC2)nc(-c2cnn3ccsc23)n1)C1CC1. The van der Waals surface area contributed by atoms with Crippen LogP contribution in [-0.4, -0.2) is 64.5 Å². The van der Waals surface area contributed by atoms with Crippen molar-refractivity contribution in [2.75, 3.05) is 25.0 Å².